The zero-order chi connectivity index (χ0) is 7.11. The Labute approximate surface area is 66.8 Å². The minimum Gasteiger partial charge on any atom is -0.394 e. The van der Waals surface area contributed by atoms with Crippen LogP contribution >= 0.6 is 23.0 Å². The van der Waals surface area contributed by atoms with Crippen LogP contribution in [0.25, 0.3) is 0 Å². The zero-order valence-electron chi connectivity index (χ0n) is 4.67. The molecule has 0 aliphatic heterocycles. The van der Waals surface area contributed by atoms with Crippen LogP contribution in [-0.2, 0) is 12.6 Å². The molecule has 54 valence electrons. The molecule has 0 aromatic rings. The van der Waals surface area contributed by atoms with Crippen LogP contribution in [0.4, 0.5) is 0 Å². The van der Waals surface area contributed by atoms with Gasteiger partial charge in [-0.25, -0.2) is 4.79 Å². The van der Waals surface area contributed by atoms with E-state index in [4.69, 9.17) is 5.11 Å². The molecule has 0 aromatic heterocycles. The Morgan fingerprint density at radius 2 is 2.33 bits per heavy atom. The Balaban J connectivity index is 2.97. The number of ether oxygens (including phenoxy) is 1. The minimum absolute atomic E-state index is 0.0749. The summed E-state index contributed by atoms with van der Waals surface area (Å²) in [6.45, 7) is 0.00374. The SMILES string of the molecule is O=C(COCCO)OI. The Bertz CT molecular complexity index is 84.6. The van der Waals surface area contributed by atoms with E-state index in [-0.39, 0.29) is 19.8 Å². The van der Waals surface area contributed by atoms with E-state index in [1.165, 1.54) is 23.0 Å². The molecule has 0 aromatic carbocycles. The van der Waals surface area contributed by atoms with Crippen LogP contribution in [0.5, 0.6) is 0 Å². The van der Waals surface area contributed by atoms with Crippen molar-refractivity contribution < 1.29 is 17.7 Å². The molecule has 0 bridgehead atoms. The summed E-state index contributed by atoms with van der Waals surface area (Å²) in [7, 11) is 0. The molecule has 0 aliphatic carbocycles. The van der Waals surface area contributed by atoms with Gasteiger partial charge in [0.05, 0.1) is 13.2 Å². The van der Waals surface area contributed by atoms with Gasteiger partial charge >= 0.3 is 5.97 Å². The highest BCUT2D eigenvalue weighted by Gasteiger charge is 1.98. The fourth-order valence-electron chi connectivity index (χ4n) is 0.242. The zero-order valence-corrected chi connectivity index (χ0v) is 6.83. The van der Waals surface area contributed by atoms with Crippen molar-refractivity contribution >= 4 is 29.0 Å². The van der Waals surface area contributed by atoms with Gasteiger partial charge in [0, 0.05) is 0 Å². The largest absolute Gasteiger partial charge is 0.394 e. The third-order valence-corrected chi connectivity index (χ3v) is 1.03. The first-order valence-electron chi connectivity index (χ1n) is 2.31. The molecule has 0 atom stereocenters. The van der Waals surface area contributed by atoms with E-state index in [9.17, 15) is 4.79 Å². The molecule has 0 amide bonds. The van der Waals surface area contributed by atoms with Crippen molar-refractivity contribution in [2.45, 2.75) is 0 Å². The molecule has 0 fully saturated rings. The van der Waals surface area contributed by atoms with Crippen LogP contribution in [-0.4, -0.2) is 30.9 Å². The van der Waals surface area contributed by atoms with Gasteiger partial charge in [0.25, 0.3) is 0 Å². The number of hydrogen-bond acceptors (Lipinski definition) is 4. The van der Waals surface area contributed by atoms with Crippen molar-refractivity contribution in [2.24, 2.45) is 0 Å². The molecule has 1 N–H and O–H groups in total. The smallest absolute Gasteiger partial charge is 0.341 e. The van der Waals surface area contributed by atoms with E-state index in [2.05, 4.69) is 7.80 Å². The van der Waals surface area contributed by atoms with E-state index in [1.807, 2.05) is 0 Å². The van der Waals surface area contributed by atoms with E-state index in [0.717, 1.165) is 0 Å². The van der Waals surface area contributed by atoms with Gasteiger partial charge in [-0.1, -0.05) is 0 Å². The summed E-state index contributed by atoms with van der Waals surface area (Å²) in [4.78, 5) is 10.3. The lowest BCUT2D eigenvalue weighted by molar-refractivity contribution is -0.136. The number of rotatable bonds is 4. The first-order chi connectivity index (χ1) is 4.31. The summed E-state index contributed by atoms with van der Waals surface area (Å²) in [6, 6.07) is 0. The molecule has 0 rings (SSSR count). The maximum absolute atomic E-state index is 10.3. The van der Waals surface area contributed by atoms with Crippen molar-refractivity contribution in [3.63, 3.8) is 0 Å². The van der Waals surface area contributed by atoms with Gasteiger partial charge in [0.1, 0.15) is 6.61 Å². The van der Waals surface area contributed by atoms with E-state index < -0.39 is 5.97 Å². The second kappa shape index (κ2) is 6.24. The molecule has 9 heavy (non-hydrogen) atoms. The number of hydrogen-bond donors (Lipinski definition) is 1. The van der Waals surface area contributed by atoms with Crippen molar-refractivity contribution in [3.05, 3.63) is 0 Å². The average Bonchev–Trinajstić information content (AvgIpc) is 1.89. The predicted molar refractivity (Wildman–Crippen MR) is 38.0 cm³/mol. The van der Waals surface area contributed by atoms with Crippen LogP contribution in [0.3, 0.4) is 0 Å². The van der Waals surface area contributed by atoms with Crippen LogP contribution < -0.4 is 0 Å². The molecular formula is C4H7IO4. The van der Waals surface area contributed by atoms with E-state index in [0.29, 0.717) is 0 Å². The van der Waals surface area contributed by atoms with Gasteiger partial charge in [0.15, 0.2) is 23.0 Å². The summed E-state index contributed by atoms with van der Waals surface area (Å²) in [6.07, 6.45) is 0. The Morgan fingerprint density at radius 1 is 1.67 bits per heavy atom. The predicted octanol–water partition coefficient (Wildman–Crippen LogP) is -0.111. The molecule has 0 aliphatic rings. The van der Waals surface area contributed by atoms with Crippen LogP contribution in [0.2, 0.25) is 0 Å². The van der Waals surface area contributed by atoms with Crippen LogP contribution in [0.15, 0.2) is 0 Å². The molecule has 0 saturated heterocycles. The molecule has 0 saturated carbocycles. The number of halogens is 1. The topological polar surface area (TPSA) is 55.8 Å². The van der Waals surface area contributed by atoms with Crippen LogP contribution in [0, 0.1) is 0 Å². The second-order valence-corrected chi connectivity index (χ2v) is 1.67. The fraction of sp³-hybridized carbons (Fsp3) is 0.750. The van der Waals surface area contributed by atoms with Crippen molar-refractivity contribution in [1.82, 2.24) is 0 Å². The first kappa shape index (κ1) is 9.12. The summed E-state index contributed by atoms with van der Waals surface area (Å²) < 4.78 is 8.83. The molecule has 0 radical (unpaired) electrons. The normalized spacial score (nSPS) is 9.11. The van der Waals surface area contributed by atoms with Crippen LogP contribution in [0.1, 0.15) is 0 Å². The number of aliphatic hydroxyl groups is 1. The Kier molecular flexibility index (Phi) is 6.33. The van der Waals surface area contributed by atoms with E-state index >= 15 is 0 Å². The third-order valence-electron chi connectivity index (χ3n) is 0.542. The third kappa shape index (κ3) is 6.00. The number of aliphatic hydroxyl groups excluding tert-OH is 1. The molecule has 4 nitrogen and oxygen atoms in total. The lowest BCUT2D eigenvalue weighted by Crippen LogP contribution is -2.10. The molecule has 0 unspecified atom stereocenters. The van der Waals surface area contributed by atoms with E-state index in [1.54, 1.807) is 0 Å². The van der Waals surface area contributed by atoms with Gasteiger partial charge in [-0.05, 0) is 0 Å². The standard InChI is InChI=1S/C4H7IO4/c5-9-4(7)3-8-2-1-6/h6H,1-3H2. The van der Waals surface area contributed by atoms with Gasteiger partial charge in [-0.2, -0.15) is 0 Å². The molecular weight excluding hydrogens is 239 g/mol. The summed E-state index contributed by atoms with van der Waals surface area (Å²) >= 11 is 1.47. The van der Waals surface area contributed by atoms with Crippen molar-refractivity contribution in [2.75, 3.05) is 19.8 Å². The molecule has 0 spiro atoms. The highest BCUT2D eigenvalue weighted by molar-refractivity contribution is 14.1. The summed E-state index contributed by atoms with van der Waals surface area (Å²) in [5.74, 6) is -0.441. The average molecular weight is 246 g/mol. The fourth-order valence-corrected chi connectivity index (χ4v) is 0.369. The summed E-state index contributed by atoms with van der Waals surface area (Å²) in [5.41, 5.74) is 0. The van der Waals surface area contributed by atoms with Crippen molar-refractivity contribution in [3.8, 4) is 0 Å². The highest BCUT2D eigenvalue weighted by Crippen LogP contribution is 1.87. The lowest BCUT2D eigenvalue weighted by Gasteiger charge is -1.96. The summed E-state index contributed by atoms with van der Waals surface area (Å²) in [5, 5.41) is 8.17. The maximum atomic E-state index is 10.3. The highest BCUT2D eigenvalue weighted by atomic mass is 127. The Hall–Kier alpha value is 0.120. The Morgan fingerprint density at radius 3 is 2.78 bits per heavy atom. The second-order valence-electron chi connectivity index (χ2n) is 1.23. The monoisotopic (exact) mass is 246 g/mol. The van der Waals surface area contributed by atoms with Gasteiger partial charge in [-0.15, -0.1) is 0 Å². The first-order valence-corrected chi connectivity index (χ1v) is 3.19. The maximum Gasteiger partial charge on any atom is 0.341 e. The number of carbonyl (C=O) groups is 1. The van der Waals surface area contributed by atoms with Gasteiger partial charge < -0.3 is 12.9 Å². The molecule has 0 heterocycles. The van der Waals surface area contributed by atoms with Gasteiger partial charge in [0.2, 0.25) is 0 Å². The lowest BCUT2D eigenvalue weighted by atomic mass is 10.7. The van der Waals surface area contributed by atoms with Crippen molar-refractivity contribution in [1.29, 1.82) is 0 Å². The number of carbonyl (C=O) groups excluding carboxylic acids is 1. The molecule has 5 heteroatoms. The quantitative estimate of drug-likeness (QED) is 0.555. The van der Waals surface area contributed by atoms with Gasteiger partial charge in [-0.3, -0.25) is 0 Å². The minimum atomic E-state index is -0.441.